The Labute approximate surface area is 337 Å². The molecular weight excluding hydrogens is 703 g/mol. The first kappa shape index (κ1) is 33.6. The molecule has 0 atom stereocenters. The zero-order valence-corrected chi connectivity index (χ0v) is 31.7. The van der Waals surface area contributed by atoms with E-state index in [0.29, 0.717) is 0 Å². The number of furan rings is 1. The summed E-state index contributed by atoms with van der Waals surface area (Å²) in [4.78, 5) is 2.37. The Morgan fingerprint density at radius 2 is 0.793 bits per heavy atom. The highest BCUT2D eigenvalue weighted by atomic mass is 16.3. The van der Waals surface area contributed by atoms with Gasteiger partial charge in [0.1, 0.15) is 11.2 Å². The summed E-state index contributed by atoms with van der Waals surface area (Å²) in [6.07, 6.45) is 0. The third kappa shape index (κ3) is 5.91. The summed E-state index contributed by atoms with van der Waals surface area (Å²) in [5.74, 6) is 0. The Bertz CT molecular complexity index is 3250. The summed E-state index contributed by atoms with van der Waals surface area (Å²) in [5, 5.41) is 7.20. The van der Waals surface area contributed by atoms with Crippen LogP contribution < -0.4 is 4.90 Å². The molecule has 0 saturated carbocycles. The van der Waals surface area contributed by atoms with Gasteiger partial charge in [-0.25, -0.2) is 0 Å². The standard InChI is InChI=1S/C56H37NO/c1-3-12-38(13-4-1)44-17-11-18-45(36-44)39-24-29-46(30-25-39)57(48-33-28-43-23-22-41-16-7-8-19-49(41)53(43)37-48)47-31-26-42(27-32-47)50-34-35-51(40-14-5-2-6-15-40)56-55(50)52-20-9-10-21-54(52)58-56/h1-37H. The van der Waals surface area contributed by atoms with Crippen LogP contribution in [0.15, 0.2) is 229 Å². The van der Waals surface area contributed by atoms with Crippen LogP contribution >= 0.6 is 0 Å². The van der Waals surface area contributed by atoms with Gasteiger partial charge in [-0.3, -0.25) is 0 Å². The van der Waals surface area contributed by atoms with Crippen LogP contribution in [-0.2, 0) is 0 Å². The molecule has 58 heavy (non-hydrogen) atoms. The van der Waals surface area contributed by atoms with Gasteiger partial charge < -0.3 is 9.32 Å². The van der Waals surface area contributed by atoms with E-state index in [1.165, 1.54) is 43.8 Å². The molecule has 10 aromatic carbocycles. The van der Waals surface area contributed by atoms with E-state index in [-0.39, 0.29) is 0 Å². The van der Waals surface area contributed by atoms with E-state index in [4.69, 9.17) is 4.42 Å². The predicted octanol–water partition coefficient (Wildman–Crippen LogP) is 16.0. The molecule has 0 saturated heterocycles. The van der Waals surface area contributed by atoms with Gasteiger partial charge in [0.25, 0.3) is 0 Å². The first-order valence-electron chi connectivity index (χ1n) is 19.8. The molecule has 1 heterocycles. The zero-order valence-electron chi connectivity index (χ0n) is 31.7. The predicted molar refractivity (Wildman–Crippen MR) is 245 cm³/mol. The SMILES string of the molecule is c1ccc(-c2cccc(-c3ccc(N(c4ccc(-c5ccc(-c6ccccc6)c6oc7ccccc7c56)cc4)c4ccc5ccc6ccccc6c5c4)cc3)c2)cc1. The van der Waals surface area contributed by atoms with E-state index in [2.05, 4.69) is 223 Å². The Balaban J connectivity index is 1.03. The lowest BCUT2D eigenvalue weighted by atomic mass is 9.94. The quantitative estimate of drug-likeness (QED) is 0.151. The average Bonchev–Trinajstić information content (AvgIpc) is 3.70. The summed E-state index contributed by atoms with van der Waals surface area (Å²) in [7, 11) is 0. The topological polar surface area (TPSA) is 16.4 Å². The maximum absolute atomic E-state index is 6.61. The number of rotatable bonds is 7. The molecule has 11 aromatic rings. The minimum atomic E-state index is 0.893. The van der Waals surface area contributed by atoms with Gasteiger partial charge in [-0.05, 0) is 115 Å². The summed E-state index contributed by atoms with van der Waals surface area (Å²) in [6.45, 7) is 0. The Morgan fingerprint density at radius 3 is 1.52 bits per heavy atom. The Kier molecular flexibility index (Phi) is 8.19. The minimum Gasteiger partial charge on any atom is -0.455 e. The maximum atomic E-state index is 6.61. The van der Waals surface area contributed by atoms with Gasteiger partial charge in [0.15, 0.2) is 0 Å². The molecule has 0 N–H and O–H groups in total. The van der Waals surface area contributed by atoms with Crippen LogP contribution in [-0.4, -0.2) is 0 Å². The number of nitrogens with zero attached hydrogens (tertiary/aromatic N) is 1. The van der Waals surface area contributed by atoms with Crippen LogP contribution in [0.1, 0.15) is 0 Å². The van der Waals surface area contributed by atoms with Crippen LogP contribution in [0.3, 0.4) is 0 Å². The van der Waals surface area contributed by atoms with E-state index in [0.717, 1.165) is 61.3 Å². The molecular formula is C56H37NO. The average molecular weight is 740 g/mol. The van der Waals surface area contributed by atoms with E-state index >= 15 is 0 Å². The lowest BCUT2D eigenvalue weighted by Crippen LogP contribution is -2.10. The third-order valence-electron chi connectivity index (χ3n) is 11.5. The molecule has 1 aromatic heterocycles. The van der Waals surface area contributed by atoms with Crippen molar-refractivity contribution in [2.24, 2.45) is 0 Å². The first-order chi connectivity index (χ1) is 28.7. The molecule has 0 unspecified atom stereocenters. The molecule has 0 radical (unpaired) electrons. The van der Waals surface area contributed by atoms with E-state index in [1.807, 2.05) is 6.07 Å². The van der Waals surface area contributed by atoms with Gasteiger partial charge in [-0.2, -0.15) is 0 Å². The molecule has 2 nitrogen and oxygen atoms in total. The van der Waals surface area contributed by atoms with Crippen molar-refractivity contribution in [1.82, 2.24) is 0 Å². The zero-order chi connectivity index (χ0) is 38.4. The molecule has 0 fully saturated rings. The van der Waals surface area contributed by atoms with Gasteiger partial charge in [-0.15, -0.1) is 0 Å². The van der Waals surface area contributed by atoms with Crippen LogP contribution in [0.25, 0.3) is 88.0 Å². The third-order valence-corrected chi connectivity index (χ3v) is 11.5. The molecule has 0 aliphatic rings. The normalized spacial score (nSPS) is 11.4. The van der Waals surface area contributed by atoms with Crippen molar-refractivity contribution in [3.8, 4) is 44.5 Å². The highest BCUT2D eigenvalue weighted by molar-refractivity contribution is 6.16. The Hall–Kier alpha value is -7.68. The van der Waals surface area contributed by atoms with Crippen molar-refractivity contribution >= 4 is 60.5 Å². The maximum Gasteiger partial charge on any atom is 0.143 e. The molecule has 0 aliphatic heterocycles. The number of benzene rings is 10. The second-order valence-electron chi connectivity index (χ2n) is 14.9. The van der Waals surface area contributed by atoms with E-state index in [1.54, 1.807) is 0 Å². The van der Waals surface area contributed by atoms with Crippen molar-refractivity contribution in [1.29, 1.82) is 0 Å². The fraction of sp³-hybridized carbons (Fsp3) is 0. The largest absolute Gasteiger partial charge is 0.455 e. The molecule has 2 heteroatoms. The van der Waals surface area contributed by atoms with Crippen molar-refractivity contribution in [3.63, 3.8) is 0 Å². The highest BCUT2D eigenvalue weighted by Gasteiger charge is 2.19. The van der Waals surface area contributed by atoms with Gasteiger partial charge in [0, 0.05) is 33.4 Å². The number of anilines is 3. The molecule has 11 rings (SSSR count). The molecule has 0 aliphatic carbocycles. The van der Waals surface area contributed by atoms with Crippen LogP contribution in [0.2, 0.25) is 0 Å². The summed E-state index contributed by atoms with van der Waals surface area (Å²) in [5.41, 5.74) is 14.4. The smallest absolute Gasteiger partial charge is 0.143 e. The number of para-hydroxylation sites is 1. The van der Waals surface area contributed by atoms with E-state index in [9.17, 15) is 0 Å². The van der Waals surface area contributed by atoms with Crippen molar-refractivity contribution in [2.75, 3.05) is 4.90 Å². The summed E-state index contributed by atoms with van der Waals surface area (Å²) in [6, 6.07) is 80.6. The molecule has 272 valence electrons. The molecule has 0 spiro atoms. The van der Waals surface area contributed by atoms with Gasteiger partial charge in [0.2, 0.25) is 0 Å². The minimum absolute atomic E-state index is 0.893. The van der Waals surface area contributed by atoms with Crippen molar-refractivity contribution in [2.45, 2.75) is 0 Å². The van der Waals surface area contributed by atoms with Crippen molar-refractivity contribution < 1.29 is 4.42 Å². The lowest BCUT2D eigenvalue weighted by Gasteiger charge is -2.26. The highest BCUT2D eigenvalue weighted by Crippen LogP contribution is 2.44. The number of hydrogen-bond acceptors (Lipinski definition) is 2. The Morgan fingerprint density at radius 1 is 0.293 bits per heavy atom. The van der Waals surface area contributed by atoms with E-state index < -0.39 is 0 Å². The second-order valence-corrected chi connectivity index (χ2v) is 14.9. The second kappa shape index (κ2) is 14.1. The van der Waals surface area contributed by atoms with Gasteiger partial charge in [0.05, 0.1) is 0 Å². The first-order valence-corrected chi connectivity index (χ1v) is 19.8. The molecule has 0 amide bonds. The lowest BCUT2D eigenvalue weighted by molar-refractivity contribution is 0.670. The number of hydrogen-bond donors (Lipinski definition) is 0. The summed E-state index contributed by atoms with van der Waals surface area (Å²) < 4.78 is 6.61. The molecule has 0 bridgehead atoms. The fourth-order valence-corrected chi connectivity index (χ4v) is 8.59. The summed E-state index contributed by atoms with van der Waals surface area (Å²) >= 11 is 0. The van der Waals surface area contributed by atoms with Gasteiger partial charge in [-0.1, -0.05) is 170 Å². The van der Waals surface area contributed by atoms with Crippen LogP contribution in [0.4, 0.5) is 17.1 Å². The van der Waals surface area contributed by atoms with Gasteiger partial charge >= 0.3 is 0 Å². The fourth-order valence-electron chi connectivity index (χ4n) is 8.59. The van der Waals surface area contributed by atoms with Crippen LogP contribution in [0.5, 0.6) is 0 Å². The number of fused-ring (bicyclic) bond motifs is 6. The van der Waals surface area contributed by atoms with Crippen molar-refractivity contribution in [3.05, 3.63) is 224 Å². The van der Waals surface area contributed by atoms with Crippen LogP contribution in [0, 0.1) is 0 Å². The monoisotopic (exact) mass is 739 g/mol.